The second-order valence-corrected chi connectivity index (χ2v) is 12.2. The number of anilines is 1. The molecule has 0 radical (unpaired) electrons. The average Bonchev–Trinajstić information content (AvgIpc) is 2.71. The number of carbonyl (C=O) groups excluding carboxylic acids is 2. The van der Waals surface area contributed by atoms with Crippen molar-refractivity contribution in [2.24, 2.45) is 0 Å². The highest BCUT2D eigenvalue weighted by molar-refractivity contribution is 9.10. The van der Waals surface area contributed by atoms with Gasteiger partial charge < -0.3 is 10.2 Å². The van der Waals surface area contributed by atoms with Crippen molar-refractivity contribution >= 4 is 43.5 Å². The van der Waals surface area contributed by atoms with Crippen molar-refractivity contribution in [3.63, 3.8) is 0 Å². The molecule has 0 fully saturated rings. The molecule has 1 atom stereocenters. The first-order chi connectivity index (χ1) is 15.7. The second-order valence-electron chi connectivity index (χ2n) is 9.42. The predicted octanol–water partition coefficient (Wildman–Crippen LogP) is 4.25. The second kappa shape index (κ2) is 11.4. The smallest absolute Gasteiger partial charge is 0.244 e. The summed E-state index contributed by atoms with van der Waals surface area (Å²) in [5, 5.41) is 2.95. The molecule has 1 unspecified atom stereocenters. The lowest BCUT2D eigenvalue weighted by Gasteiger charge is -2.34. The Morgan fingerprint density at radius 3 is 2.21 bits per heavy atom. The van der Waals surface area contributed by atoms with E-state index in [-0.39, 0.29) is 12.5 Å². The molecule has 2 aromatic carbocycles. The van der Waals surface area contributed by atoms with Crippen LogP contribution in [0.25, 0.3) is 0 Å². The van der Waals surface area contributed by atoms with Crippen molar-refractivity contribution in [2.45, 2.75) is 59.2 Å². The summed E-state index contributed by atoms with van der Waals surface area (Å²) in [6.45, 7) is 9.21. The Morgan fingerprint density at radius 2 is 1.71 bits per heavy atom. The summed E-state index contributed by atoms with van der Waals surface area (Å²) < 4.78 is 27.0. The number of nitrogens with one attached hydrogen (secondary N) is 1. The molecular formula is C25H34BrN3O4S. The molecular weight excluding hydrogens is 518 g/mol. The lowest BCUT2D eigenvalue weighted by Crippen LogP contribution is -2.55. The standard InChI is InChI=1S/C25H34BrN3O4S/c1-7-22(24(31)27-25(3,4)5)28(16-19-13-11-18(2)12-14-19)23(30)17-29(34(6,32)33)21-10-8-9-20(26)15-21/h8-15,22H,7,16-17H2,1-6H3,(H,27,31). The molecule has 0 aliphatic heterocycles. The van der Waals surface area contributed by atoms with E-state index in [0.29, 0.717) is 16.6 Å². The Bertz CT molecular complexity index is 1110. The summed E-state index contributed by atoms with van der Waals surface area (Å²) in [4.78, 5) is 28.2. The molecule has 1 N–H and O–H groups in total. The van der Waals surface area contributed by atoms with Crippen LogP contribution in [0.5, 0.6) is 0 Å². The molecule has 0 bridgehead atoms. The fraction of sp³-hybridized carbons (Fsp3) is 0.440. The normalized spacial score (nSPS) is 12.7. The van der Waals surface area contributed by atoms with Crippen LogP contribution in [0.15, 0.2) is 53.0 Å². The maximum atomic E-state index is 13.6. The highest BCUT2D eigenvalue weighted by Crippen LogP contribution is 2.23. The van der Waals surface area contributed by atoms with Crippen LogP contribution in [0.3, 0.4) is 0 Å². The number of nitrogens with zero attached hydrogens (tertiary/aromatic N) is 2. The third-order valence-electron chi connectivity index (χ3n) is 5.13. The van der Waals surface area contributed by atoms with Crippen LogP contribution in [0.2, 0.25) is 0 Å². The van der Waals surface area contributed by atoms with Gasteiger partial charge in [-0.05, 0) is 57.9 Å². The van der Waals surface area contributed by atoms with Gasteiger partial charge in [0.15, 0.2) is 0 Å². The molecule has 186 valence electrons. The number of hydrogen-bond acceptors (Lipinski definition) is 4. The van der Waals surface area contributed by atoms with Crippen LogP contribution in [-0.4, -0.2) is 49.5 Å². The van der Waals surface area contributed by atoms with E-state index >= 15 is 0 Å². The molecule has 2 aromatic rings. The maximum Gasteiger partial charge on any atom is 0.244 e. The van der Waals surface area contributed by atoms with E-state index in [2.05, 4.69) is 21.2 Å². The van der Waals surface area contributed by atoms with E-state index in [1.54, 1.807) is 24.3 Å². The van der Waals surface area contributed by atoms with E-state index in [4.69, 9.17) is 0 Å². The number of rotatable bonds is 9. The van der Waals surface area contributed by atoms with Gasteiger partial charge in [0.2, 0.25) is 21.8 Å². The number of amides is 2. The minimum Gasteiger partial charge on any atom is -0.350 e. The number of hydrogen-bond donors (Lipinski definition) is 1. The lowest BCUT2D eigenvalue weighted by atomic mass is 10.1. The third kappa shape index (κ3) is 8.13. The van der Waals surface area contributed by atoms with Crippen LogP contribution >= 0.6 is 15.9 Å². The van der Waals surface area contributed by atoms with Gasteiger partial charge in [-0.25, -0.2) is 8.42 Å². The summed E-state index contributed by atoms with van der Waals surface area (Å²) in [5.74, 6) is -0.731. The summed E-state index contributed by atoms with van der Waals surface area (Å²) in [7, 11) is -3.76. The van der Waals surface area contributed by atoms with Gasteiger partial charge in [0.25, 0.3) is 0 Å². The molecule has 7 nitrogen and oxygen atoms in total. The molecule has 0 spiro atoms. The van der Waals surface area contributed by atoms with Gasteiger partial charge in [-0.1, -0.05) is 58.7 Å². The maximum absolute atomic E-state index is 13.6. The molecule has 0 aromatic heterocycles. The van der Waals surface area contributed by atoms with E-state index in [1.165, 1.54) is 4.90 Å². The Morgan fingerprint density at radius 1 is 1.09 bits per heavy atom. The molecule has 9 heteroatoms. The van der Waals surface area contributed by atoms with Crippen LogP contribution in [0, 0.1) is 6.92 Å². The molecule has 0 saturated carbocycles. The van der Waals surface area contributed by atoms with E-state index < -0.39 is 34.1 Å². The first-order valence-electron chi connectivity index (χ1n) is 11.1. The fourth-order valence-corrected chi connectivity index (χ4v) is 4.74. The number of sulfonamides is 1. The first kappa shape index (κ1) is 27.9. The minimum absolute atomic E-state index is 0.186. The van der Waals surface area contributed by atoms with Gasteiger partial charge in [0.1, 0.15) is 12.6 Å². The molecule has 2 rings (SSSR count). The summed E-state index contributed by atoms with van der Waals surface area (Å²) in [6.07, 6.45) is 1.45. The Kier molecular flexibility index (Phi) is 9.30. The average molecular weight is 553 g/mol. The Hall–Kier alpha value is -2.39. The van der Waals surface area contributed by atoms with Gasteiger partial charge in [0.05, 0.1) is 11.9 Å². The van der Waals surface area contributed by atoms with E-state index in [9.17, 15) is 18.0 Å². The minimum atomic E-state index is -3.76. The molecule has 0 saturated heterocycles. The van der Waals surface area contributed by atoms with Crippen LogP contribution in [0.4, 0.5) is 5.69 Å². The van der Waals surface area contributed by atoms with E-state index in [1.807, 2.05) is 58.9 Å². The number of carbonyl (C=O) groups is 2. The van der Waals surface area contributed by atoms with Crippen molar-refractivity contribution in [1.82, 2.24) is 10.2 Å². The molecule has 0 heterocycles. The zero-order valence-corrected chi connectivity index (χ0v) is 23.0. The Balaban J connectivity index is 2.45. The van der Waals surface area contributed by atoms with Gasteiger partial charge >= 0.3 is 0 Å². The number of aryl methyl sites for hydroxylation is 1. The zero-order chi connectivity index (χ0) is 25.7. The molecule has 0 aliphatic rings. The zero-order valence-electron chi connectivity index (χ0n) is 20.6. The number of benzene rings is 2. The van der Waals surface area contributed by atoms with Gasteiger partial charge in [-0.3, -0.25) is 13.9 Å². The van der Waals surface area contributed by atoms with Gasteiger partial charge in [-0.15, -0.1) is 0 Å². The van der Waals surface area contributed by atoms with Crippen LogP contribution < -0.4 is 9.62 Å². The topological polar surface area (TPSA) is 86.8 Å². The van der Waals surface area contributed by atoms with Crippen LogP contribution in [-0.2, 0) is 26.2 Å². The first-order valence-corrected chi connectivity index (χ1v) is 13.8. The largest absolute Gasteiger partial charge is 0.350 e. The summed E-state index contributed by atoms with van der Waals surface area (Å²) in [6, 6.07) is 13.7. The van der Waals surface area contributed by atoms with Crippen molar-refractivity contribution in [3.8, 4) is 0 Å². The van der Waals surface area contributed by atoms with Crippen molar-refractivity contribution in [3.05, 3.63) is 64.1 Å². The summed E-state index contributed by atoms with van der Waals surface area (Å²) >= 11 is 3.35. The molecule has 34 heavy (non-hydrogen) atoms. The predicted molar refractivity (Wildman–Crippen MR) is 140 cm³/mol. The van der Waals surface area contributed by atoms with E-state index in [0.717, 1.165) is 21.7 Å². The number of halogens is 1. The highest BCUT2D eigenvalue weighted by Gasteiger charge is 2.33. The monoisotopic (exact) mass is 551 g/mol. The summed E-state index contributed by atoms with van der Waals surface area (Å²) in [5.41, 5.74) is 1.83. The third-order valence-corrected chi connectivity index (χ3v) is 6.77. The van der Waals surface area contributed by atoms with Crippen LogP contribution in [0.1, 0.15) is 45.2 Å². The van der Waals surface area contributed by atoms with Gasteiger partial charge in [-0.2, -0.15) is 0 Å². The Labute approximate surface area is 211 Å². The molecule has 0 aliphatic carbocycles. The lowest BCUT2D eigenvalue weighted by molar-refractivity contribution is -0.141. The SMILES string of the molecule is CCC(C(=O)NC(C)(C)C)N(Cc1ccc(C)cc1)C(=O)CN(c1cccc(Br)c1)S(C)(=O)=O. The van der Waals surface area contributed by atoms with Crippen molar-refractivity contribution in [1.29, 1.82) is 0 Å². The van der Waals surface area contributed by atoms with Crippen molar-refractivity contribution in [2.75, 3.05) is 17.1 Å². The highest BCUT2D eigenvalue weighted by atomic mass is 79.9. The quantitative estimate of drug-likeness (QED) is 0.504. The van der Waals surface area contributed by atoms with Crippen molar-refractivity contribution < 1.29 is 18.0 Å². The van der Waals surface area contributed by atoms with Gasteiger partial charge in [0, 0.05) is 16.6 Å². The molecule has 2 amide bonds. The fourth-order valence-electron chi connectivity index (χ4n) is 3.51.